The largest absolute Gasteiger partial charge is 0.505 e. The monoisotopic (exact) mass is 409 g/mol. The summed E-state index contributed by atoms with van der Waals surface area (Å²) in [4.78, 5) is 18.7. The molecule has 30 heavy (non-hydrogen) atoms. The number of guanidine groups is 1. The first-order chi connectivity index (χ1) is 14.4. The Labute approximate surface area is 175 Å². The molecule has 2 aliphatic heterocycles. The minimum atomic E-state index is -0.462. The van der Waals surface area contributed by atoms with Crippen LogP contribution < -0.4 is 10.6 Å². The molecule has 4 rings (SSSR count). The fraction of sp³-hybridized carbons (Fsp3) is 0.409. The molecule has 2 fully saturated rings. The number of para-hydroxylation sites is 1. The summed E-state index contributed by atoms with van der Waals surface area (Å²) in [5, 5.41) is 25.5. The zero-order valence-corrected chi connectivity index (χ0v) is 17.2. The van der Waals surface area contributed by atoms with Crippen molar-refractivity contribution >= 4 is 23.2 Å². The highest BCUT2D eigenvalue weighted by atomic mass is 16.5. The maximum Gasteiger partial charge on any atom is 0.231 e. The van der Waals surface area contributed by atoms with E-state index >= 15 is 0 Å². The number of anilines is 2. The van der Waals surface area contributed by atoms with Crippen molar-refractivity contribution in [3.63, 3.8) is 0 Å². The van der Waals surface area contributed by atoms with Crippen LogP contribution in [-0.2, 0) is 9.53 Å². The predicted octanol–water partition coefficient (Wildman–Crippen LogP) is 3.20. The van der Waals surface area contributed by atoms with E-state index in [0.29, 0.717) is 17.9 Å². The quantitative estimate of drug-likeness (QED) is 0.577. The molecule has 1 aromatic heterocycles. The fourth-order valence-corrected chi connectivity index (χ4v) is 4.11. The molecule has 1 aromatic carbocycles. The topological polar surface area (TPSA) is 111 Å². The van der Waals surface area contributed by atoms with E-state index in [1.54, 1.807) is 23.2 Å². The average molecular weight is 409 g/mol. The normalized spacial score (nSPS) is 24.5. The number of ether oxygens (including phenoxy) is 1. The van der Waals surface area contributed by atoms with Crippen LogP contribution in [0.4, 0.5) is 11.4 Å². The molecule has 1 unspecified atom stereocenters. The minimum Gasteiger partial charge on any atom is -0.505 e. The van der Waals surface area contributed by atoms with Crippen molar-refractivity contribution in [3.8, 4) is 5.75 Å². The number of nitrogens with one attached hydrogen (secondary N) is 3. The Morgan fingerprint density at radius 1 is 1.33 bits per heavy atom. The molecular weight excluding hydrogens is 382 g/mol. The number of pyridine rings is 1. The van der Waals surface area contributed by atoms with Crippen molar-refractivity contribution < 1.29 is 14.6 Å². The molecule has 2 aliphatic rings. The van der Waals surface area contributed by atoms with Gasteiger partial charge >= 0.3 is 0 Å². The van der Waals surface area contributed by atoms with Gasteiger partial charge in [-0.1, -0.05) is 12.1 Å². The van der Waals surface area contributed by atoms with E-state index < -0.39 is 6.04 Å². The first-order valence-electron chi connectivity index (χ1n) is 10.2. The smallest absolute Gasteiger partial charge is 0.231 e. The van der Waals surface area contributed by atoms with Crippen LogP contribution >= 0.6 is 0 Å². The third kappa shape index (κ3) is 4.09. The summed E-state index contributed by atoms with van der Waals surface area (Å²) in [6.07, 6.45) is 3.39. The average Bonchev–Trinajstić information content (AvgIpc) is 2.71. The lowest BCUT2D eigenvalue weighted by atomic mass is 9.96. The number of aryl methyl sites for hydroxylation is 1. The fourth-order valence-electron chi connectivity index (χ4n) is 4.11. The van der Waals surface area contributed by atoms with E-state index in [9.17, 15) is 9.90 Å². The standard InChI is InChI=1S/C22H27N5O3/c1-13-6-7-15(12-24-13)25-18-5-3-4-17(21(18)29)19-11-20(28)27(22(23)26-19)16-8-9-30-14(2)10-16/h3-7,12,14,16,19,25,29H,8-11H2,1-2H3,(H2,23,26)/t14-,16-,19?/m1/s1. The van der Waals surface area contributed by atoms with Gasteiger partial charge in [-0.25, -0.2) is 0 Å². The van der Waals surface area contributed by atoms with Gasteiger partial charge in [0.25, 0.3) is 0 Å². The van der Waals surface area contributed by atoms with Crippen LogP contribution in [0.5, 0.6) is 5.75 Å². The maximum atomic E-state index is 12.9. The highest BCUT2D eigenvalue weighted by molar-refractivity contribution is 5.99. The van der Waals surface area contributed by atoms with E-state index in [2.05, 4.69) is 15.6 Å². The van der Waals surface area contributed by atoms with Gasteiger partial charge in [0.1, 0.15) is 5.75 Å². The molecule has 0 spiro atoms. The Hall–Kier alpha value is -3.13. The van der Waals surface area contributed by atoms with E-state index in [-0.39, 0.29) is 36.2 Å². The summed E-state index contributed by atoms with van der Waals surface area (Å²) in [7, 11) is 0. The number of phenols is 1. The van der Waals surface area contributed by atoms with E-state index in [4.69, 9.17) is 10.1 Å². The zero-order chi connectivity index (χ0) is 21.3. The molecule has 4 N–H and O–H groups in total. The van der Waals surface area contributed by atoms with E-state index in [1.165, 1.54) is 0 Å². The number of carbonyl (C=O) groups is 1. The Balaban J connectivity index is 1.51. The van der Waals surface area contributed by atoms with Crippen LogP contribution in [0, 0.1) is 12.3 Å². The van der Waals surface area contributed by atoms with Gasteiger partial charge in [-0.3, -0.25) is 20.1 Å². The Bertz CT molecular complexity index is 928. The molecule has 158 valence electrons. The maximum absolute atomic E-state index is 12.9. The molecule has 0 aliphatic carbocycles. The number of aromatic hydroxyl groups is 1. The number of hydrogen-bond acceptors (Lipinski definition) is 6. The number of nitrogens with zero attached hydrogens (tertiary/aromatic N) is 2. The van der Waals surface area contributed by atoms with Crippen molar-refractivity contribution in [2.75, 3.05) is 11.9 Å². The number of hydrogen-bond donors (Lipinski definition) is 4. The summed E-state index contributed by atoms with van der Waals surface area (Å²) >= 11 is 0. The van der Waals surface area contributed by atoms with E-state index in [1.807, 2.05) is 32.0 Å². The van der Waals surface area contributed by atoms with Gasteiger partial charge in [0.15, 0.2) is 5.96 Å². The number of rotatable bonds is 4. The SMILES string of the molecule is Cc1ccc(Nc2cccc(C3CC(=O)N([C@@H]4CCO[C@H](C)C4)C(=N)N3)c2O)cn1. The molecule has 2 saturated heterocycles. The third-order valence-electron chi connectivity index (χ3n) is 5.65. The van der Waals surface area contributed by atoms with Gasteiger partial charge in [0.05, 0.1) is 36.1 Å². The molecule has 1 amide bonds. The molecule has 0 bridgehead atoms. The number of phenolic OH excluding ortho intramolecular Hbond substituents is 1. The lowest BCUT2D eigenvalue weighted by Crippen LogP contribution is -2.57. The second-order valence-electron chi connectivity index (χ2n) is 7.93. The summed E-state index contributed by atoms with van der Waals surface area (Å²) in [6, 6.07) is 8.65. The third-order valence-corrected chi connectivity index (χ3v) is 5.65. The molecule has 0 saturated carbocycles. The number of carbonyl (C=O) groups excluding carboxylic acids is 1. The number of aromatic nitrogens is 1. The van der Waals surface area contributed by atoms with Gasteiger partial charge in [-0.15, -0.1) is 0 Å². The van der Waals surface area contributed by atoms with Gasteiger partial charge in [-0.2, -0.15) is 0 Å². The second-order valence-corrected chi connectivity index (χ2v) is 7.93. The summed E-state index contributed by atoms with van der Waals surface area (Å²) < 4.78 is 5.57. The first kappa shape index (κ1) is 20.2. The summed E-state index contributed by atoms with van der Waals surface area (Å²) in [5.41, 5.74) is 2.77. The van der Waals surface area contributed by atoms with Crippen LogP contribution in [0.15, 0.2) is 36.5 Å². The number of amides is 1. The lowest BCUT2D eigenvalue weighted by molar-refractivity contribution is -0.133. The molecule has 3 heterocycles. The summed E-state index contributed by atoms with van der Waals surface area (Å²) in [5.74, 6) is 0.0310. The van der Waals surface area contributed by atoms with Crippen molar-refractivity contribution in [1.82, 2.24) is 15.2 Å². The first-order valence-corrected chi connectivity index (χ1v) is 10.2. The van der Waals surface area contributed by atoms with Gasteiger partial charge in [0, 0.05) is 23.9 Å². The Morgan fingerprint density at radius 2 is 2.17 bits per heavy atom. The zero-order valence-electron chi connectivity index (χ0n) is 17.2. The van der Waals surface area contributed by atoms with Crippen LogP contribution in [0.3, 0.4) is 0 Å². The molecule has 8 nitrogen and oxygen atoms in total. The molecule has 0 radical (unpaired) electrons. The van der Waals surface area contributed by atoms with Gasteiger partial charge in [0.2, 0.25) is 5.91 Å². The Morgan fingerprint density at radius 3 is 2.87 bits per heavy atom. The van der Waals surface area contributed by atoms with Crippen LogP contribution in [0.25, 0.3) is 0 Å². The molecular formula is C22H27N5O3. The van der Waals surface area contributed by atoms with Gasteiger partial charge in [-0.05, 0) is 44.9 Å². The highest BCUT2D eigenvalue weighted by Crippen LogP contribution is 2.37. The van der Waals surface area contributed by atoms with Crippen LogP contribution in [0.1, 0.15) is 43.5 Å². The molecule has 8 heteroatoms. The lowest BCUT2D eigenvalue weighted by Gasteiger charge is -2.41. The Kier molecular flexibility index (Phi) is 5.59. The predicted molar refractivity (Wildman–Crippen MR) is 114 cm³/mol. The molecule has 2 aromatic rings. The second kappa shape index (κ2) is 8.31. The van der Waals surface area contributed by atoms with Crippen molar-refractivity contribution in [1.29, 1.82) is 5.41 Å². The van der Waals surface area contributed by atoms with Crippen LogP contribution in [-0.4, -0.2) is 45.6 Å². The molecule has 3 atom stereocenters. The van der Waals surface area contributed by atoms with Gasteiger partial charge < -0.3 is 20.5 Å². The minimum absolute atomic E-state index is 0.0298. The van der Waals surface area contributed by atoms with Crippen molar-refractivity contribution in [2.45, 2.75) is 51.3 Å². The van der Waals surface area contributed by atoms with Crippen molar-refractivity contribution in [2.24, 2.45) is 0 Å². The van der Waals surface area contributed by atoms with Crippen LogP contribution in [0.2, 0.25) is 0 Å². The van der Waals surface area contributed by atoms with Crippen molar-refractivity contribution in [3.05, 3.63) is 47.8 Å². The number of benzene rings is 1. The highest BCUT2D eigenvalue weighted by Gasteiger charge is 2.37. The van der Waals surface area contributed by atoms with E-state index in [0.717, 1.165) is 24.2 Å². The summed E-state index contributed by atoms with van der Waals surface area (Å²) in [6.45, 7) is 4.49.